The second-order valence-corrected chi connectivity index (χ2v) is 8.04. The first-order valence-corrected chi connectivity index (χ1v) is 10.1. The summed E-state index contributed by atoms with van der Waals surface area (Å²) >= 11 is 0. The van der Waals surface area contributed by atoms with Crippen LogP contribution in [0.4, 0.5) is 16.2 Å². The molecule has 3 aromatic carbocycles. The average molecular weight is 394 g/mol. The Morgan fingerprint density at radius 3 is 2.18 bits per heavy atom. The van der Waals surface area contributed by atoms with Crippen LogP contribution in [0.5, 0.6) is 5.75 Å². The molecule has 0 saturated heterocycles. The number of para-hydroxylation sites is 1. The first-order chi connectivity index (χ1) is 13.5. The third kappa shape index (κ3) is 2.99. The van der Waals surface area contributed by atoms with Crippen molar-refractivity contribution in [1.29, 1.82) is 0 Å². The highest BCUT2D eigenvalue weighted by Gasteiger charge is 2.42. The summed E-state index contributed by atoms with van der Waals surface area (Å²) in [4.78, 5) is 14.9. The molecule has 3 aromatic rings. The van der Waals surface area contributed by atoms with Crippen LogP contribution in [0, 0.1) is 0 Å². The van der Waals surface area contributed by atoms with Crippen molar-refractivity contribution in [2.45, 2.75) is 11.4 Å². The monoisotopic (exact) mass is 394 g/mol. The maximum atomic E-state index is 13.3. The van der Waals surface area contributed by atoms with Crippen LogP contribution < -0.4 is 13.9 Å². The van der Waals surface area contributed by atoms with Gasteiger partial charge in [-0.1, -0.05) is 42.5 Å². The maximum Gasteiger partial charge on any atom is 0.343 e. The molecular formula is C21H18N2O4S. The number of hydrogen-bond acceptors (Lipinski definition) is 4. The minimum atomic E-state index is -4.03. The van der Waals surface area contributed by atoms with E-state index in [9.17, 15) is 13.2 Å². The summed E-state index contributed by atoms with van der Waals surface area (Å²) in [6, 6.07) is 21.8. The van der Waals surface area contributed by atoms with E-state index >= 15 is 0 Å². The van der Waals surface area contributed by atoms with Crippen molar-refractivity contribution in [1.82, 2.24) is 0 Å². The number of urea groups is 1. The normalized spacial score (nSPS) is 15.2. The van der Waals surface area contributed by atoms with E-state index in [-0.39, 0.29) is 17.1 Å². The molecule has 1 aliphatic rings. The zero-order chi connectivity index (χ0) is 19.7. The minimum Gasteiger partial charge on any atom is -0.497 e. The molecule has 6 nitrogen and oxygen atoms in total. The van der Waals surface area contributed by atoms with Crippen LogP contribution in [0.3, 0.4) is 0 Å². The molecule has 7 heteroatoms. The van der Waals surface area contributed by atoms with E-state index in [0.717, 1.165) is 9.87 Å². The average Bonchev–Trinajstić information content (AvgIpc) is 2.72. The first-order valence-electron chi connectivity index (χ1n) is 8.66. The summed E-state index contributed by atoms with van der Waals surface area (Å²) in [6.07, 6.45) is 0. The lowest BCUT2D eigenvalue weighted by Gasteiger charge is -2.36. The molecule has 2 amide bonds. The number of anilines is 2. The number of sulfonamides is 1. The summed E-state index contributed by atoms with van der Waals surface area (Å²) in [5.41, 5.74) is 1.54. The molecule has 0 aliphatic carbocycles. The minimum absolute atomic E-state index is 0.0985. The molecule has 0 N–H and O–H groups in total. The summed E-state index contributed by atoms with van der Waals surface area (Å²) in [5.74, 6) is 0.576. The van der Waals surface area contributed by atoms with Gasteiger partial charge >= 0.3 is 6.03 Å². The zero-order valence-corrected chi connectivity index (χ0v) is 16.0. The quantitative estimate of drug-likeness (QED) is 0.670. The van der Waals surface area contributed by atoms with Gasteiger partial charge < -0.3 is 4.74 Å². The molecule has 0 unspecified atom stereocenters. The largest absolute Gasteiger partial charge is 0.497 e. The smallest absolute Gasteiger partial charge is 0.343 e. The van der Waals surface area contributed by atoms with Crippen molar-refractivity contribution in [2.24, 2.45) is 0 Å². The predicted molar refractivity (Wildman–Crippen MR) is 107 cm³/mol. The fourth-order valence-corrected chi connectivity index (χ4v) is 4.79. The predicted octanol–water partition coefficient (Wildman–Crippen LogP) is 4.03. The van der Waals surface area contributed by atoms with Crippen molar-refractivity contribution in [3.05, 3.63) is 84.4 Å². The van der Waals surface area contributed by atoms with Crippen molar-refractivity contribution in [2.75, 3.05) is 16.3 Å². The number of fused-ring (bicyclic) bond motifs is 1. The molecule has 0 atom stereocenters. The lowest BCUT2D eigenvalue weighted by atomic mass is 10.2. The molecule has 0 saturated carbocycles. The van der Waals surface area contributed by atoms with Gasteiger partial charge in [0.2, 0.25) is 0 Å². The number of methoxy groups -OCH3 is 1. The molecule has 4 rings (SSSR count). The number of nitrogens with zero attached hydrogens (tertiary/aromatic N) is 2. The van der Waals surface area contributed by atoms with Gasteiger partial charge in [-0.15, -0.1) is 0 Å². The summed E-state index contributed by atoms with van der Waals surface area (Å²) in [7, 11) is -2.51. The van der Waals surface area contributed by atoms with E-state index < -0.39 is 16.1 Å². The number of ether oxygens (including phenoxy) is 1. The lowest BCUT2D eigenvalue weighted by Crippen LogP contribution is -2.50. The van der Waals surface area contributed by atoms with E-state index in [1.807, 2.05) is 30.3 Å². The highest BCUT2D eigenvalue weighted by atomic mass is 32.2. The fraction of sp³-hybridized carbons (Fsp3) is 0.0952. The van der Waals surface area contributed by atoms with E-state index in [1.165, 1.54) is 18.1 Å². The number of rotatable bonds is 4. The number of hydrogen-bond donors (Lipinski definition) is 0. The molecule has 0 fully saturated rings. The maximum absolute atomic E-state index is 13.3. The molecule has 0 aromatic heterocycles. The SMILES string of the molecule is COc1ccc(N2C(=O)N(Cc3ccccc3)c3ccccc3S2(=O)=O)cc1. The van der Waals surface area contributed by atoms with Crippen LogP contribution in [-0.2, 0) is 16.6 Å². The Morgan fingerprint density at radius 1 is 0.857 bits per heavy atom. The van der Waals surface area contributed by atoms with Crippen molar-refractivity contribution in [3.8, 4) is 5.75 Å². The van der Waals surface area contributed by atoms with Gasteiger partial charge in [0.15, 0.2) is 0 Å². The molecule has 0 spiro atoms. The van der Waals surface area contributed by atoms with Gasteiger partial charge in [0.1, 0.15) is 10.6 Å². The summed E-state index contributed by atoms with van der Waals surface area (Å²) < 4.78 is 32.4. The zero-order valence-electron chi connectivity index (χ0n) is 15.1. The molecular weight excluding hydrogens is 376 g/mol. The fourth-order valence-electron chi connectivity index (χ4n) is 3.20. The van der Waals surface area contributed by atoms with Gasteiger partial charge in [-0.05, 0) is 42.0 Å². The van der Waals surface area contributed by atoms with Crippen molar-refractivity contribution in [3.63, 3.8) is 0 Å². The van der Waals surface area contributed by atoms with Crippen LogP contribution in [0.1, 0.15) is 5.56 Å². The van der Waals surface area contributed by atoms with E-state index in [1.54, 1.807) is 42.5 Å². The molecule has 0 radical (unpaired) electrons. The van der Waals surface area contributed by atoms with Crippen LogP contribution in [0.2, 0.25) is 0 Å². The van der Waals surface area contributed by atoms with Gasteiger partial charge in [-0.25, -0.2) is 13.2 Å². The highest BCUT2D eigenvalue weighted by Crippen LogP contribution is 2.38. The van der Waals surface area contributed by atoms with Gasteiger partial charge in [0, 0.05) is 0 Å². The molecule has 0 bridgehead atoms. The lowest BCUT2D eigenvalue weighted by molar-refractivity contribution is 0.253. The number of carbonyl (C=O) groups is 1. The van der Waals surface area contributed by atoms with E-state index in [0.29, 0.717) is 11.4 Å². The topological polar surface area (TPSA) is 66.9 Å². The van der Waals surface area contributed by atoms with Crippen LogP contribution in [0.25, 0.3) is 0 Å². The summed E-state index contributed by atoms with van der Waals surface area (Å²) in [5, 5.41) is 0. The van der Waals surface area contributed by atoms with Crippen molar-refractivity contribution >= 4 is 27.4 Å². The van der Waals surface area contributed by atoms with Crippen molar-refractivity contribution < 1.29 is 17.9 Å². The number of carbonyl (C=O) groups excluding carboxylic acids is 1. The third-order valence-corrected chi connectivity index (χ3v) is 6.32. The summed E-state index contributed by atoms with van der Waals surface area (Å²) in [6.45, 7) is 0.263. The molecule has 1 heterocycles. The van der Waals surface area contributed by atoms with E-state index in [2.05, 4.69) is 0 Å². The van der Waals surface area contributed by atoms with Gasteiger partial charge in [-0.3, -0.25) is 4.90 Å². The van der Waals surface area contributed by atoms with Crippen LogP contribution in [-0.4, -0.2) is 21.6 Å². The van der Waals surface area contributed by atoms with E-state index in [4.69, 9.17) is 4.74 Å². The standard InChI is InChI=1S/C21H18N2O4S/c1-27-18-13-11-17(12-14-18)23-21(24)22(15-16-7-3-2-4-8-16)19-9-5-6-10-20(19)28(23,25)26/h2-14H,15H2,1H3. The van der Waals surface area contributed by atoms with Gasteiger partial charge in [0.25, 0.3) is 10.0 Å². The van der Waals surface area contributed by atoms with Crippen LogP contribution in [0.15, 0.2) is 83.8 Å². The Morgan fingerprint density at radius 2 is 1.50 bits per heavy atom. The molecule has 1 aliphatic heterocycles. The number of amides is 2. The Labute approximate surface area is 163 Å². The first kappa shape index (κ1) is 18.1. The Kier molecular flexibility index (Phi) is 4.52. The van der Waals surface area contributed by atoms with Gasteiger partial charge in [-0.2, -0.15) is 4.31 Å². The third-order valence-electron chi connectivity index (χ3n) is 4.57. The second-order valence-electron chi connectivity index (χ2n) is 6.29. The van der Waals surface area contributed by atoms with Gasteiger partial charge in [0.05, 0.1) is 25.0 Å². The number of benzene rings is 3. The second kappa shape index (κ2) is 7.01. The Bertz CT molecular complexity index is 1110. The van der Waals surface area contributed by atoms with Crippen LogP contribution >= 0.6 is 0 Å². The molecule has 28 heavy (non-hydrogen) atoms. The molecule has 142 valence electrons. The Balaban J connectivity index is 1.84. The Hall–Kier alpha value is -3.32. The highest BCUT2D eigenvalue weighted by molar-refractivity contribution is 7.94.